The summed E-state index contributed by atoms with van der Waals surface area (Å²) in [7, 11) is 0. The number of anilines is 3. The fourth-order valence-corrected chi connectivity index (χ4v) is 3.80. The maximum atomic E-state index is 13.5. The first-order valence-electron chi connectivity index (χ1n) is 10.6. The molecule has 0 aliphatic carbocycles. The van der Waals surface area contributed by atoms with Crippen molar-refractivity contribution in [2.75, 3.05) is 10.6 Å². The van der Waals surface area contributed by atoms with Crippen LogP contribution in [0.3, 0.4) is 0 Å². The Morgan fingerprint density at radius 2 is 1.12 bits per heavy atom. The molecule has 4 rings (SSSR count). The molecule has 33 heavy (non-hydrogen) atoms. The van der Waals surface area contributed by atoms with E-state index >= 15 is 0 Å². The number of nitrogens with one attached hydrogen (secondary N) is 2. The highest BCUT2D eigenvalue weighted by Crippen LogP contribution is 2.31. The summed E-state index contributed by atoms with van der Waals surface area (Å²) in [6, 6.07) is 34.8. The van der Waals surface area contributed by atoms with Gasteiger partial charge in [-0.1, -0.05) is 78.9 Å². The van der Waals surface area contributed by atoms with Gasteiger partial charge < -0.3 is 15.7 Å². The van der Waals surface area contributed by atoms with Gasteiger partial charge in [-0.25, -0.2) is 0 Å². The van der Waals surface area contributed by atoms with E-state index in [1.807, 2.05) is 72.8 Å². The molecule has 5 heteroatoms. The Kier molecular flexibility index (Phi) is 6.51. The molecule has 0 aliphatic heterocycles. The number of carboxylic acid groups (broad SMARTS) is 1. The van der Waals surface area contributed by atoms with Crippen molar-refractivity contribution in [3.05, 3.63) is 126 Å². The van der Waals surface area contributed by atoms with Gasteiger partial charge in [-0.3, -0.25) is 9.59 Å². The molecule has 4 aromatic carbocycles. The summed E-state index contributed by atoms with van der Waals surface area (Å²) in [4.78, 5) is 26.2. The summed E-state index contributed by atoms with van der Waals surface area (Å²) in [5.74, 6) is -1.79. The Balaban J connectivity index is 1.62. The van der Waals surface area contributed by atoms with Gasteiger partial charge in [0, 0.05) is 23.5 Å². The van der Waals surface area contributed by atoms with E-state index in [2.05, 4.69) is 10.6 Å². The van der Waals surface area contributed by atoms with Gasteiger partial charge in [0.25, 0.3) is 0 Å². The summed E-state index contributed by atoms with van der Waals surface area (Å²) in [5, 5.41) is 16.4. The average molecular weight is 437 g/mol. The molecule has 0 saturated heterocycles. The number of benzene rings is 4. The minimum Gasteiger partial charge on any atom is -0.480 e. The highest BCUT2D eigenvalue weighted by molar-refractivity contribution is 6.13. The van der Waals surface area contributed by atoms with Crippen LogP contribution < -0.4 is 10.6 Å². The van der Waals surface area contributed by atoms with Crippen LogP contribution in [0.1, 0.15) is 11.1 Å². The fraction of sp³-hybridized carbons (Fsp3) is 0.0714. The smallest absolute Gasteiger partial charge is 0.324 e. The Morgan fingerprint density at radius 1 is 0.636 bits per heavy atom. The topological polar surface area (TPSA) is 78.4 Å². The van der Waals surface area contributed by atoms with Crippen molar-refractivity contribution in [3.63, 3.8) is 0 Å². The Hall–Kier alpha value is -4.38. The molecule has 5 nitrogen and oxygen atoms in total. The summed E-state index contributed by atoms with van der Waals surface area (Å²) >= 11 is 0. The molecule has 0 fully saturated rings. The van der Waals surface area contributed by atoms with Crippen molar-refractivity contribution in [2.24, 2.45) is 0 Å². The zero-order valence-electron chi connectivity index (χ0n) is 17.9. The largest absolute Gasteiger partial charge is 0.480 e. The van der Waals surface area contributed by atoms with Gasteiger partial charge in [0.2, 0.25) is 5.91 Å². The van der Waals surface area contributed by atoms with Crippen molar-refractivity contribution in [1.29, 1.82) is 0 Å². The minimum absolute atomic E-state index is 0.0344. The molecule has 4 aromatic rings. The number of carboxylic acids is 1. The summed E-state index contributed by atoms with van der Waals surface area (Å²) < 4.78 is 0. The molecule has 3 N–H and O–H groups in total. The maximum Gasteiger partial charge on any atom is 0.324 e. The number of hydrogen-bond acceptors (Lipinski definition) is 3. The normalized spacial score (nSPS) is 12.4. The number of carbonyl (C=O) groups is 2. The monoisotopic (exact) mass is 436 g/mol. The van der Waals surface area contributed by atoms with Crippen LogP contribution >= 0.6 is 0 Å². The van der Waals surface area contributed by atoms with Crippen molar-refractivity contribution in [1.82, 2.24) is 0 Å². The van der Waals surface area contributed by atoms with Crippen molar-refractivity contribution >= 4 is 28.9 Å². The lowest BCUT2D eigenvalue weighted by Gasteiger charge is -2.29. The van der Waals surface area contributed by atoms with Crippen molar-refractivity contribution in [2.45, 2.75) is 11.8 Å². The Morgan fingerprint density at radius 3 is 1.70 bits per heavy atom. The van der Waals surface area contributed by atoms with Crippen LogP contribution in [0.5, 0.6) is 0 Å². The molecular formula is C28H24N2O3. The van der Waals surface area contributed by atoms with Crippen molar-refractivity contribution in [3.8, 4) is 0 Å². The number of para-hydroxylation sites is 1. The van der Waals surface area contributed by atoms with E-state index in [0.717, 1.165) is 16.9 Å². The van der Waals surface area contributed by atoms with Crippen LogP contribution in [-0.4, -0.2) is 17.0 Å². The molecule has 0 aliphatic rings. The molecule has 0 radical (unpaired) electrons. The Bertz CT molecular complexity index is 1210. The summed E-state index contributed by atoms with van der Waals surface area (Å²) in [6.07, 6.45) is 0.0344. The molecular weight excluding hydrogens is 412 g/mol. The van der Waals surface area contributed by atoms with Crippen LogP contribution in [0.25, 0.3) is 0 Å². The first-order chi connectivity index (χ1) is 16.1. The van der Waals surface area contributed by atoms with Crippen LogP contribution in [0, 0.1) is 0 Å². The number of amides is 1. The van der Waals surface area contributed by atoms with E-state index in [1.54, 1.807) is 42.5 Å². The number of rotatable bonds is 8. The van der Waals surface area contributed by atoms with E-state index in [4.69, 9.17) is 0 Å². The molecule has 164 valence electrons. The standard InChI is InChI=1S/C28H24N2O3/c31-26(30-25-18-16-24(17-19-25)29-23-14-8-3-9-15-23)28(27(32)33,22-12-6-2-7-13-22)20-21-10-4-1-5-11-21/h1-19,29H,20H2,(H,30,31)(H,32,33). The van der Waals surface area contributed by atoms with Crippen LogP contribution in [-0.2, 0) is 21.4 Å². The van der Waals surface area contributed by atoms with Gasteiger partial charge in [-0.15, -0.1) is 0 Å². The van der Waals surface area contributed by atoms with Gasteiger partial charge in [-0.2, -0.15) is 0 Å². The highest BCUT2D eigenvalue weighted by Gasteiger charge is 2.48. The lowest BCUT2D eigenvalue weighted by molar-refractivity contribution is -0.148. The second-order valence-corrected chi connectivity index (χ2v) is 7.76. The lowest BCUT2D eigenvalue weighted by Crippen LogP contribution is -2.49. The van der Waals surface area contributed by atoms with Gasteiger partial charge >= 0.3 is 5.97 Å². The number of aliphatic carboxylic acids is 1. The SMILES string of the molecule is O=C(O)C(Cc1ccccc1)(C(=O)Nc1ccc(Nc2ccccc2)cc1)c1ccccc1. The second-order valence-electron chi connectivity index (χ2n) is 7.76. The zero-order valence-corrected chi connectivity index (χ0v) is 17.9. The quantitative estimate of drug-likeness (QED) is 0.313. The third kappa shape index (κ3) is 4.93. The first kappa shape index (κ1) is 21.8. The predicted molar refractivity (Wildman–Crippen MR) is 131 cm³/mol. The van der Waals surface area contributed by atoms with E-state index in [-0.39, 0.29) is 6.42 Å². The number of carbonyl (C=O) groups excluding carboxylic acids is 1. The molecule has 0 saturated carbocycles. The molecule has 0 spiro atoms. The van der Waals surface area contributed by atoms with Crippen LogP contribution in [0.4, 0.5) is 17.1 Å². The predicted octanol–water partition coefficient (Wildman–Crippen LogP) is 5.63. The minimum atomic E-state index is -1.77. The third-order valence-corrected chi connectivity index (χ3v) is 5.54. The zero-order chi connectivity index (χ0) is 23.1. The van der Waals surface area contributed by atoms with Crippen LogP contribution in [0.2, 0.25) is 0 Å². The van der Waals surface area contributed by atoms with Gasteiger partial charge in [0.1, 0.15) is 0 Å². The van der Waals surface area contributed by atoms with Gasteiger partial charge in [0.05, 0.1) is 0 Å². The number of hydrogen-bond donors (Lipinski definition) is 3. The first-order valence-corrected chi connectivity index (χ1v) is 10.6. The molecule has 1 atom stereocenters. The average Bonchev–Trinajstić information content (AvgIpc) is 2.85. The van der Waals surface area contributed by atoms with Crippen molar-refractivity contribution < 1.29 is 14.7 Å². The van der Waals surface area contributed by atoms with Crippen LogP contribution in [0.15, 0.2) is 115 Å². The Labute approximate surface area is 192 Å². The molecule has 1 unspecified atom stereocenters. The van der Waals surface area contributed by atoms with Gasteiger partial charge in [-0.05, 0) is 47.5 Å². The van der Waals surface area contributed by atoms with E-state index < -0.39 is 17.3 Å². The maximum absolute atomic E-state index is 13.5. The molecule has 0 bridgehead atoms. The molecule has 1 amide bonds. The fourth-order valence-electron chi connectivity index (χ4n) is 3.80. The third-order valence-electron chi connectivity index (χ3n) is 5.54. The van der Waals surface area contributed by atoms with E-state index in [9.17, 15) is 14.7 Å². The molecule has 0 aromatic heterocycles. The summed E-state index contributed by atoms with van der Waals surface area (Å²) in [6.45, 7) is 0. The van der Waals surface area contributed by atoms with E-state index in [1.165, 1.54) is 0 Å². The molecule has 0 heterocycles. The second kappa shape index (κ2) is 9.83. The lowest BCUT2D eigenvalue weighted by atomic mass is 9.74. The van der Waals surface area contributed by atoms with E-state index in [0.29, 0.717) is 11.3 Å². The summed E-state index contributed by atoms with van der Waals surface area (Å²) in [5.41, 5.74) is 1.75. The highest BCUT2D eigenvalue weighted by atomic mass is 16.4. The van der Waals surface area contributed by atoms with Gasteiger partial charge in [0.15, 0.2) is 5.41 Å².